The zero-order valence-electron chi connectivity index (χ0n) is 11.8. The first-order chi connectivity index (χ1) is 9.20. The molecule has 1 aromatic carbocycles. The van der Waals surface area contributed by atoms with Gasteiger partial charge in [-0.2, -0.15) is 0 Å². The summed E-state index contributed by atoms with van der Waals surface area (Å²) in [7, 11) is 0. The first kappa shape index (κ1) is 14.2. The molecule has 1 unspecified atom stereocenters. The van der Waals surface area contributed by atoms with Gasteiger partial charge < -0.3 is 9.53 Å². The van der Waals surface area contributed by atoms with Crippen molar-refractivity contribution in [1.29, 1.82) is 0 Å². The molecule has 104 valence electrons. The lowest BCUT2D eigenvalue weighted by atomic mass is 9.81. The van der Waals surface area contributed by atoms with E-state index in [-0.39, 0.29) is 5.41 Å². The molecule has 1 aliphatic rings. The van der Waals surface area contributed by atoms with E-state index in [4.69, 9.17) is 4.74 Å². The fourth-order valence-electron chi connectivity index (χ4n) is 2.84. The predicted octanol–water partition coefficient (Wildman–Crippen LogP) is 2.36. The van der Waals surface area contributed by atoms with Gasteiger partial charge in [-0.05, 0) is 18.4 Å². The van der Waals surface area contributed by atoms with Gasteiger partial charge in [-0.3, -0.25) is 4.90 Å². The number of hydrogen-bond acceptors (Lipinski definition) is 3. The first-order valence-electron chi connectivity index (χ1n) is 7.00. The Balaban J connectivity index is 2.01. The van der Waals surface area contributed by atoms with E-state index in [1.165, 1.54) is 5.56 Å². The predicted molar refractivity (Wildman–Crippen MR) is 75.9 cm³/mol. The maximum atomic E-state index is 11.5. The standard InChI is InChI=1S/C16H23NO2/c1-3-19-13-16(12-18)11-17(9-14(16)2)10-15-7-5-4-6-8-15/h4-8,12,14H,3,9-11,13H2,1-2H3/t14-,16?/m1/s1. The molecule has 0 aromatic heterocycles. The number of nitrogens with zero attached hydrogens (tertiary/aromatic N) is 1. The van der Waals surface area contributed by atoms with Crippen LogP contribution in [0.25, 0.3) is 0 Å². The normalized spacial score (nSPS) is 27.6. The highest BCUT2D eigenvalue weighted by molar-refractivity contribution is 5.61. The average molecular weight is 261 g/mol. The number of benzene rings is 1. The molecule has 0 aliphatic carbocycles. The second-order valence-corrected chi connectivity index (χ2v) is 5.54. The van der Waals surface area contributed by atoms with Crippen molar-refractivity contribution < 1.29 is 9.53 Å². The summed E-state index contributed by atoms with van der Waals surface area (Å²) in [5.41, 5.74) is 0.970. The summed E-state index contributed by atoms with van der Waals surface area (Å²) in [4.78, 5) is 13.9. The van der Waals surface area contributed by atoms with Crippen LogP contribution in [0.4, 0.5) is 0 Å². The van der Waals surface area contributed by atoms with E-state index in [0.29, 0.717) is 19.1 Å². The quantitative estimate of drug-likeness (QED) is 0.736. The lowest BCUT2D eigenvalue weighted by molar-refractivity contribution is -0.121. The van der Waals surface area contributed by atoms with Gasteiger partial charge in [0, 0.05) is 26.2 Å². The van der Waals surface area contributed by atoms with E-state index in [1.807, 2.05) is 13.0 Å². The van der Waals surface area contributed by atoms with Crippen molar-refractivity contribution >= 4 is 6.29 Å². The van der Waals surface area contributed by atoms with Gasteiger partial charge in [-0.1, -0.05) is 37.3 Å². The van der Waals surface area contributed by atoms with Crippen LogP contribution in [0.5, 0.6) is 0 Å². The Kier molecular flexibility index (Phi) is 4.72. The molecule has 0 radical (unpaired) electrons. The largest absolute Gasteiger partial charge is 0.381 e. The van der Waals surface area contributed by atoms with Crippen LogP contribution in [-0.4, -0.2) is 37.5 Å². The molecule has 1 heterocycles. The molecule has 19 heavy (non-hydrogen) atoms. The Labute approximate surface area is 115 Å². The van der Waals surface area contributed by atoms with Crippen LogP contribution in [0, 0.1) is 11.3 Å². The molecule has 1 aromatic rings. The SMILES string of the molecule is CCOCC1(C=O)CN(Cc2ccccc2)C[C@H]1C. The Morgan fingerprint density at radius 2 is 2.16 bits per heavy atom. The highest BCUT2D eigenvalue weighted by Crippen LogP contribution is 2.35. The third-order valence-electron chi connectivity index (χ3n) is 4.09. The Bertz CT molecular complexity index is 406. The van der Waals surface area contributed by atoms with Crippen molar-refractivity contribution in [1.82, 2.24) is 4.90 Å². The van der Waals surface area contributed by atoms with E-state index in [2.05, 4.69) is 36.1 Å². The van der Waals surface area contributed by atoms with E-state index < -0.39 is 0 Å². The van der Waals surface area contributed by atoms with Gasteiger partial charge >= 0.3 is 0 Å². The highest BCUT2D eigenvalue weighted by atomic mass is 16.5. The van der Waals surface area contributed by atoms with Crippen molar-refractivity contribution in [2.24, 2.45) is 11.3 Å². The Morgan fingerprint density at radius 3 is 2.79 bits per heavy atom. The lowest BCUT2D eigenvalue weighted by Crippen LogP contribution is -2.36. The van der Waals surface area contributed by atoms with E-state index in [1.54, 1.807) is 0 Å². The molecule has 1 fully saturated rings. The molecular formula is C16H23NO2. The van der Waals surface area contributed by atoms with Gasteiger partial charge in [0.25, 0.3) is 0 Å². The number of carbonyl (C=O) groups is 1. The Morgan fingerprint density at radius 1 is 1.42 bits per heavy atom. The van der Waals surface area contributed by atoms with Crippen molar-refractivity contribution in [3.05, 3.63) is 35.9 Å². The summed E-state index contributed by atoms with van der Waals surface area (Å²) in [5, 5.41) is 0. The summed E-state index contributed by atoms with van der Waals surface area (Å²) >= 11 is 0. The van der Waals surface area contributed by atoms with Crippen LogP contribution < -0.4 is 0 Å². The molecule has 2 atom stereocenters. The summed E-state index contributed by atoms with van der Waals surface area (Å²) in [6.45, 7) is 8.00. The topological polar surface area (TPSA) is 29.5 Å². The van der Waals surface area contributed by atoms with Crippen LogP contribution in [0.1, 0.15) is 19.4 Å². The van der Waals surface area contributed by atoms with Gasteiger partial charge in [0.15, 0.2) is 0 Å². The molecule has 0 N–H and O–H groups in total. The molecule has 2 rings (SSSR count). The van der Waals surface area contributed by atoms with Crippen molar-refractivity contribution in [3.8, 4) is 0 Å². The fraction of sp³-hybridized carbons (Fsp3) is 0.562. The van der Waals surface area contributed by atoms with E-state index in [0.717, 1.165) is 25.9 Å². The smallest absolute Gasteiger partial charge is 0.130 e. The minimum atomic E-state index is -0.329. The number of rotatable bonds is 6. The lowest BCUT2D eigenvalue weighted by Gasteiger charge is -2.26. The van der Waals surface area contributed by atoms with Gasteiger partial charge in [0.05, 0.1) is 12.0 Å². The number of ether oxygens (including phenoxy) is 1. The van der Waals surface area contributed by atoms with Gasteiger partial charge in [-0.15, -0.1) is 0 Å². The molecule has 0 amide bonds. The molecule has 1 saturated heterocycles. The summed E-state index contributed by atoms with van der Waals surface area (Å²) < 4.78 is 5.52. The van der Waals surface area contributed by atoms with Crippen molar-refractivity contribution in [3.63, 3.8) is 0 Å². The maximum Gasteiger partial charge on any atom is 0.130 e. The molecular weight excluding hydrogens is 238 g/mol. The average Bonchev–Trinajstić information content (AvgIpc) is 2.74. The molecule has 0 saturated carbocycles. The van der Waals surface area contributed by atoms with Gasteiger partial charge in [-0.25, -0.2) is 0 Å². The van der Waals surface area contributed by atoms with Crippen LogP contribution in [0.3, 0.4) is 0 Å². The van der Waals surface area contributed by atoms with Crippen molar-refractivity contribution in [2.45, 2.75) is 20.4 Å². The fourth-order valence-corrected chi connectivity index (χ4v) is 2.84. The second kappa shape index (κ2) is 6.31. The summed E-state index contributed by atoms with van der Waals surface area (Å²) in [6, 6.07) is 10.4. The van der Waals surface area contributed by atoms with E-state index in [9.17, 15) is 4.79 Å². The highest BCUT2D eigenvalue weighted by Gasteiger charge is 2.44. The maximum absolute atomic E-state index is 11.5. The van der Waals surface area contributed by atoms with Crippen molar-refractivity contribution in [2.75, 3.05) is 26.3 Å². The summed E-state index contributed by atoms with van der Waals surface area (Å²) in [5.74, 6) is 0.347. The van der Waals surface area contributed by atoms with Crippen LogP contribution >= 0.6 is 0 Å². The summed E-state index contributed by atoms with van der Waals surface area (Å²) in [6.07, 6.45) is 1.11. The number of hydrogen-bond donors (Lipinski definition) is 0. The van der Waals surface area contributed by atoms with Crippen LogP contribution in [-0.2, 0) is 16.1 Å². The zero-order valence-corrected chi connectivity index (χ0v) is 11.8. The van der Waals surface area contributed by atoms with Gasteiger partial charge in [0.1, 0.15) is 6.29 Å². The molecule has 3 nitrogen and oxygen atoms in total. The molecule has 1 aliphatic heterocycles. The number of aldehydes is 1. The number of carbonyl (C=O) groups excluding carboxylic acids is 1. The minimum absolute atomic E-state index is 0.329. The third kappa shape index (κ3) is 3.23. The monoisotopic (exact) mass is 261 g/mol. The molecule has 0 bridgehead atoms. The zero-order chi connectivity index (χ0) is 13.7. The third-order valence-corrected chi connectivity index (χ3v) is 4.09. The van der Waals surface area contributed by atoms with Crippen LogP contribution in [0.2, 0.25) is 0 Å². The minimum Gasteiger partial charge on any atom is -0.381 e. The molecule has 3 heteroatoms. The van der Waals surface area contributed by atoms with Gasteiger partial charge in [0.2, 0.25) is 0 Å². The Hall–Kier alpha value is -1.19. The van der Waals surface area contributed by atoms with E-state index >= 15 is 0 Å². The first-order valence-corrected chi connectivity index (χ1v) is 7.00. The number of likely N-dealkylation sites (tertiary alicyclic amines) is 1. The second-order valence-electron chi connectivity index (χ2n) is 5.54. The van der Waals surface area contributed by atoms with Crippen LogP contribution in [0.15, 0.2) is 30.3 Å². The molecule has 0 spiro atoms.